The zero-order valence-corrected chi connectivity index (χ0v) is 30.9. The van der Waals surface area contributed by atoms with Gasteiger partial charge in [0, 0.05) is 32.8 Å². The second kappa shape index (κ2) is 14.8. The molecule has 7 atom stereocenters. The van der Waals surface area contributed by atoms with E-state index in [1.54, 1.807) is 55.4 Å². The van der Waals surface area contributed by atoms with Gasteiger partial charge in [-0.1, -0.05) is 43.8 Å². The van der Waals surface area contributed by atoms with Crippen molar-refractivity contribution in [2.24, 2.45) is 5.92 Å². The molecule has 1 aromatic carbocycles. The minimum Gasteiger partial charge on any atom is -0.458 e. The summed E-state index contributed by atoms with van der Waals surface area (Å²) >= 11 is 0. The van der Waals surface area contributed by atoms with Gasteiger partial charge in [-0.25, -0.2) is 9.59 Å². The topological polar surface area (TPSA) is 156 Å². The summed E-state index contributed by atoms with van der Waals surface area (Å²) in [7, 11) is 1.44. The molecule has 2 aliphatic heterocycles. The highest BCUT2D eigenvalue weighted by Crippen LogP contribution is 2.57. The number of fused-ring (bicyclic) bond motifs is 2. The highest BCUT2D eigenvalue weighted by atomic mass is 16.8. The lowest BCUT2D eigenvalue weighted by atomic mass is 9.76. The molecule has 0 saturated carbocycles. The molecule has 2 heterocycles. The van der Waals surface area contributed by atoms with Crippen LogP contribution in [-0.2, 0) is 54.0 Å². The number of aliphatic hydroxyl groups is 2. The first-order chi connectivity index (χ1) is 22.4. The van der Waals surface area contributed by atoms with Crippen LogP contribution < -0.4 is 0 Å². The van der Waals surface area contributed by atoms with E-state index in [0.29, 0.717) is 12.0 Å². The molecule has 0 amide bonds. The largest absolute Gasteiger partial charge is 0.458 e. The van der Waals surface area contributed by atoms with Gasteiger partial charge in [0.2, 0.25) is 11.2 Å². The van der Waals surface area contributed by atoms with E-state index in [-0.39, 0.29) is 18.8 Å². The van der Waals surface area contributed by atoms with Crippen molar-refractivity contribution in [2.45, 2.75) is 147 Å². The quantitative estimate of drug-likeness (QED) is 0.122. The van der Waals surface area contributed by atoms with E-state index >= 15 is 0 Å². The Labute approximate surface area is 290 Å². The van der Waals surface area contributed by atoms with Crippen molar-refractivity contribution < 1.29 is 57.8 Å². The van der Waals surface area contributed by atoms with E-state index in [2.05, 4.69) is 6.58 Å². The summed E-state index contributed by atoms with van der Waals surface area (Å²) in [6, 6.07) is 9.77. The van der Waals surface area contributed by atoms with E-state index in [0.717, 1.165) is 5.56 Å². The van der Waals surface area contributed by atoms with Crippen LogP contribution in [-0.4, -0.2) is 94.1 Å². The van der Waals surface area contributed by atoms with Crippen molar-refractivity contribution in [3.63, 3.8) is 0 Å². The van der Waals surface area contributed by atoms with Gasteiger partial charge >= 0.3 is 17.9 Å². The van der Waals surface area contributed by atoms with Crippen LogP contribution in [0.15, 0.2) is 42.5 Å². The second-order valence-corrected chi connectivity index (χ2v) is 15.6. The molecule has 3 rings (SSSR count). The van der Waals surface area contributed by atoms with E-state index in [4.69, 9.17) is 33.2 Å². The van der Waals surface area contributed by atoms with Crippen LogP contribution in [0.1, 0.15) is 94.1 Å². The number of hydrogen-bond donors (Lipinski definition) is 2. The molecule has 0 aliphatic carbocycles. The minimum absolute atomic E-state index is 0.0441. The maximum atomic E-state index is 14.3. The Morgan fingerprint density at radius 1 is 1.00 bits per heavy atom. The first-order valence-corrected chi connectivity index (χ1v) is 16.7. The molecule has 12 heteroatoms. The van der Waals surface area contributed by atoms with Gasteiger partial charge in [0.1, 0.15) is 29.5 Å². The summed E-state index contributed by atoms with van der Waals surface area (Å²) in [5.74, 6) is -6.05. The molecule has 0 radical (unpaired) electrons. The van der Waals surface area contributed by atoms with Gasteiger partial charge in [-0.05, 0) is 79.4 Å². The van der Waals surface area contributed by atoms with Gasteiger partial charge in [-0.2, -0.15) is 0 Å². The van der Waals surface area contributed by atoms with E-state index in [1.807, 2.05) is 37.3 Å². The zero-order valence-electron chi connectivity index (χ0n) is 30.9. The highest BCUT2D eigenvalue weighted by Gasteiger charge is 2.80. The number of aliphatic hydroxyl groups excluding tert-OH is 1. The smallest absolute Gasteiger partial charge is 0.345 e. The molecule has 2 fully saturated rings. The highest BCUT2D eigenvalue weighted by molar-refractivity contribution is 5.94. The fourth-order valence-electron chi connectivity index (χ4n) is 6.34. The molecular formula is C37H56O12. The Balaban J connectivity index is 2.12. The Morgan fingerprint density at radius 3 is 2.08 bits per heavy atom. The second-order valence-electron chi connectivity index (χ2n) is 15.6. The van der Waals surface area contributed by atoms with E-state index in [1.165, 1.54) is 14.0 Å². The van der Waals surface area contributed by atoms with Gasteiger partial charge in [-0.3, -0.25) is 4.79 Å². The molecule has 4 unspecified atom stereocenters. The van der Waals surface area contributed by atoms with Crippen LogP contribution in [0.2, 0.25) is 0 Å². The van der Waals surface area contributed by atoms with Gasteiger partial charge in [0.15, 0.2) is 11.6 Å². The Morgan fingerprint density at radius 2 is 1.57 bits per heavy atom. The van der Waals surface area contributed by atoms with Crippen LogP contribution in [0.5, 0.6) is 0 Å². The maximum absolute atomic E-state index is 14.3. The third-order valence-electron chi connectivity index (χ3n) is 8.66. The number of carbonyl (C=O) groups excluding carboxylic acids is 3. The molecule has 0 aromatic heterocycles. The van der Waals surface area contributed by atoms with Crippen molar-refractivity contribution in [1.82, 2.24) is 0 Å². The first-order valence-electron chi connectivity index (χ1n) is 16.7. The molecule has 0 spiro atoms. The molecule has 2 bridgehead atoms. The van der Waals surface area contributed by atoms with Gasteiger partial charge in [-0.15, -0.1) is 0 Å². The predicted molar refractivity (Wildman–Crippen MR) is 179 cm³/mol. The summed E-state index contributed by atoms with van der Waals surface area (Å²) in [6.45, 7) is 19.7. The van der Waals surface area contributed by atoms with Gasteiger partial charge in [0.05, 0.1) is 6.61 Å². The van der Waals surface area contributed by atoms with E-state index in [9.17, 15) is 24.6 Å². The fraction of sp³-hybridized carbons (Fsp3) is 0.703. The first kappa shape index (κ1) is 40.6. The molecule has 2 saturated heterocycles. The number of rotatable bonds is 14. The number of esters is 3. The molecule has 12 nitrogen and oxygen atoms in total. The molecule has 276 valence electrons. The Hall–Kier alpha value is -2.87. The minimum atomic E-state index is -2.86. The van der Waals surface area contributed by atoms with Crippen LogP contribution in [0, 0.1) is 5.92 Å². The Kier molecular flexibility index (Phi) is 12.2. The van der Waals surface area contributed by atoms with Crippen LogP contribution >= 0.6 is 0 Å². The van der Waals surface area contributed by atoms with Crippen LogP contribution in [0.25, 0.3) is 0 Å². The summed E-state index contributed by atoms with van der Waals surface area (Å²) in [5, 5.41) is 23.1. The summed E-state index contributed by atoms with van der Waals surface area (Å²) in [4.78, 5) is 40.4. The maximum Gasteiger partial charge on any atom is 0.345 e. The summed E-state index contributed by atoms with van der Waals surface area (Å²) in [6.07, 6.45) is -3.29. The summed E-state index contributed by atoms with van der Waals surface area (Å²) < 4.78 is 42.0. The SMILES string of the molecule is C=C(CCC12OC(CO)C(O)(C(=O)OC(C)(C)C)C(C(=O)OC(C)(C)C)(C[C@H]1OC(C)(C)OC)O2)[C@@H](OC(C)=O)[C@H](C)Cc1ccccc1. The number of methoxy groups -OCH3 is 1. The normalized spacial score (nSPS) is 28.3. The van der Waals surface area contributed by atoms with Crippen LogP contribution in [0.3, 0.4) is 0 Å². The number of benzene rings is 1. The Bertz CT molecular complexity index is 1350. The lowest BCUT2D eigenvalue weighted by Gasteiger charge is -2.52. The van der Waals surface area contributed by atoms with Crippen molar-refractivity contribution in [3.05, 3.63) is 48.0 Å². The van der Waals surface area contributed by atoms with Gasteiger partial charge < -0.3 is 43.4 Å². The van der Waals surface area contributed by atoms with E-state index < -0.39 is 83.2 Å². The van der Waals surface area contributed by atoms with Crippen molar-refractivity contribution in [1.29, 1.82) is 0 Å². The monoisotopic (exact) mass is 692 g/mol. The average Bonchev–Trinajstić information content (AvgIpc) is 3.26. The van der Waals surface area contributed by atoms with Crippen LogP contribution in [0.4, 0.5) is 0 Å². The average molecular weight is 693 g/mol. The lowest BCUT2D eigenvalue weighted by Crippen LogP contribution is -2.76. The molecule has 49 heavy (non-hydrogen) atoms. The standard InChI is InChI=1S/C37H56O12/c1-23(29(44-25(3)39)24(2)20-26-16-14-13-15-17-26)18-19-36-27(45-34(10,11)43-12)21-35(49-36,30(40)47-32(4,5)6)37(42,28(22-38)46-36)31(41)48-33(7,8)9/h13-17,24,27-29,38,42H,1,18-22H2,2-12H3/t24-,27-,28?,29-,35?,36?,37?/m1/s1. The summed E-state index contributed by atoms with van der Waals surface area (Å²) in [5.41, 5.74) is -5.88. The molecule has 1 aromatic rings. The third-order valence-corrected chi connectivity index (χ3v) is 8.66. The predicted octanol–water partition coefficient (Wildman–Crippen LogP) is 4.56. The van der Waals surface area contributed by atoms with Crippen molar-refractivity contribution >= 4 is 17.9 Å². The van der Waals surface area contributed by atoms with Crippen molar-refractivity contribution in [2.75, 3.05) is 13.7 Å². The number of hydrogen-bond acceptors (Lipinski definition) is 12. The van der Waals surface area contributed by atoms with Gasteiger partial charge in [0.25, 0.3) is 0 Å². The molecule has 2 N–H and O–H groups in total. The fourth-order valence-corrected chi connectivity index (χ4v) is 6.34. The third kappa shape index (κ3) is 9.08. The lowest BCUT2D eigenvalue weighted by molar-refractivity contribution is -0.394. The van der Waals surface area contributed by atoms with Crippen molar-refractivity contribution in [3.8, 4) is 0 Å². The number of carbonyl (C=O) groups is 3. The number of ether oxygens (including phenoxy) is 7. The molecular weight excluding hydrogens is 636 g/mol. The molecule has 2 aliphatic rings. The zero-order chi connectivity index (χ0) is 37.2.